The Morgan fingerprint density at radius 2 is 1.59 bits per heavy atom. The Bertz CT molecular complexity index is 935. The molecule has 0 heterocycles. The molecule has 3 N–H and O–H groups in total. The number of benzene rings is 3. The number of rotatable bonds is 7. The van der Waals surface area contributed by atoms with Gasteiger partial charge in [-0.25, -0.2) is 4.79 Å². The number of amides is 1. The normalized spacial score (nSPS) is 12.9. The van der Waals surface area contributed by atoms with Crippen LogP contribution in [0.3, 0.4) is 0 Å². The molecule has 0 saturated carbocycles. The highest BCUT2D eigenvalue weighted by Gasteiger charge is 2.23. The highest BCUT2D eigenvalue weighted by atomic mass is 16.4. The van der Waals surface area contributed by atoms with Crippen molar-refractivity contribution in [3.05, 3.63) is 78.4 Å². The summed E-state index contributed by atoms with van der Waals surface area (Å²) in [7, 11) is 0. The zero-order valence-electron chi connectivity index (χ0n) is 15.1. The maximum absolute atomic E-state index is 12.6. The van der Waals surface area contributed by atoms with E-state index in [1.807, 2.05) is 72.8 Å². The number of hydrogen-bond donors (Lipinski definition) is 3. The number of hydrogen-bond acceptors (Lipinski definition) is 3. The van der Waals surface area contributed by atoms with Crippen LogP contribution in [0, 0.1) is 0 Å². The van der Waals surface area contributed by atoms with Crippen molar-refractivity contribution in [1.82, 2.24) is 5.32 Å². The lowest BCUT2D eigenvalue weighted by Gasteiger charge is -2.20. The first-order valence-corrected chi connectivity index (χ1v) is 8.86. The van der Waals surface area contributed by atoms with E-state index in [2.05, 4.69) is 10.6 Å². The summed E-state index contributed by atoms with van der Waals surface area (Å²) in [5, 5.41) is 17.4. The van der Waals surface area contributed by atoms with Crippen LogP contribution in [0.1, 0.15) is 12.5 Å². The standard InChI is InChI=1S/C22H22N2O3/c1-15(23-19-13-7-11-17-10-5-6-12-18(17)19)21(25)24-20(22(26)27)14-16-8-3-2-4-9-16/h2-13,15,20,23H,14H2,1H3,(H,24,25)(H,26,27)/t15-,20-/m0/s1. The minimum Gasteiger partial charge on any atom is -0.480 e. The van der Waals surface area contributed by atoms with Gasteiger partial charge in [-0.2, -0.15) is 0 Å². The maximum Gasteiger partial charge on any atom is 0.326 e. The second-order valence-electron chi connectivity index (χ2n) is 6.48. The molecule has 0 aromatic heterocycles. The number of fused-ring (bicyclic) bond motifs is 1. The highest BCUT2D eigenvalue weighted by molar-refractivity contribution is 5.96. The van der Waals surface area contributed by atoms with Crippen LogP contribution < -0.4 is 10.6 Å². The van der Waals surface area contributed by atoms with Crippen molar-refractivity contribution in [3.8, 4) is 0 Å². The number of carbonyl (C=O) groups excluding carboxylic acids is 1. The summed E-state index contributed by atoms with van der Waals surface area (Å²) in [5.74, 6) is -1.41. The predicted molar refractivity (Wildman–Crippen MR) is 107 cm³/mol. The molecule has 138 valence electrons. The first-order valence-electron chi connectivity index (χ1n) is 8.86. The van der Waals surface area contributed by atoms with Crippen molar-refractivity contribution < 1.29 is 14.7 Å². The molecular weight excluding hydrogens is 340 g/mol. The van der Waals surface area contributed by atoms with Crippen molar-refractivity contribution in [2.24, 2.45) is 0 Å². The van der Waals surface area contributed by atoms with Crippen LogP contribution >= 0.6 is 0 Å². The van der Waals surface area contributed by atoms with Crippen molar-refractivity contribution in [2.45, 2.75) is 25.4 Å². The fourth-order valence-electron chi connectivity index (χ4n) is 3.00. The van der Waals surface area contributed by atoms with Crippen molar-refractivity contribution >= 4 is 28.3 Å². The van der Waals surface area contributed by atoms with Crippen molar-refractivity contribution in [1.29, 1.82) is 0 Å². The number of carboxylic acids is 1. The van der Waals surface area contributed by atoms with Crippen molar-refractivity contribution in [3.63, 3.8) is 0 Å². The summed E-state index contributed by atoms with van der Waals surface area (Å²) in [4.78, 5) is 24.1. The van der Waals surface area contributed by atoms with Gasteiger partial charge in [-0.3, -0.25) is 4.79 Å². The number of anilines is 1. The van der Waals surface area contributed by atoms with E-state index in [4.69, 9.17) is 0 Å². The molecule has 0 fully saturated rings. The van der Waals surface area contributed by atoms with E-state index < -0.39 is 18.1 Å². The molecule has 3 aromatic carbocycles. The van der Waals surface area contributed by atoms with Crippen molar-refractivity contribution in [2.75, 3.05) is 5.32 Å². The van der Waals surface area contributed by atoms with Crippen LogP contribution in [0.25, 0.3) is 10.8 Å². The molecule has 3 aromatic rings. The van der Waals surface area contributed by atoms with Crippen LogP contribution in [0.15, 0.2) is 72.8 Å². The molecule has 0 aliphatic carbocycles. The third-order valence-corrected chi connectivity index (χ3v) is 4.45. The molecular formula is C22H22N2O3. The van der Waals surface area contributed by atoms with Gasteiger partial charge in [0.2, 0.25) is 5.91 Å². The van der Waals surface area contributed by atoms with Crippen LogP contribution in [0.4, 0.5) is 5.69 Å². The molecule has 0 bridgehead atoms. The van der Waals surface area contributed by atoms with Gasteiger partial charge in [-0.15, -0.1) is 0 Å². The lowest BCUT2D eigenvalue weighted by Crippen LogP contribution is -2.47. The van der Waals surface area contributed by atoms with E-state index >= 15 is 0 Å². The van der Waals surface area contributed by atoms with Gasteiger partial charge in [0.25, 0.3) is 0 Å². The average molecular weight is 362 g/mol. The molecule has 0 spiro atoms. The Balaban J connectivity index is 1.69. The SMILES string of the molecule is C[C@H](Nc1cccc2ccccc12)C(=O)N[C@@H](Cc1ccccc1)C(=O)O. The summed E-state index contributed by atoms with van der Waals surface area (Å²) in [5.41, 5.74) is 1.70. The molecule has 3 rings (SSSR count). The fourth-order valence-corrected chi connectivity index (χ4v) is 3.00. The summed E-state index contributed by atoms with van der Waals surface area (Å²) in [6.45, 7) is 1.72. The second-order valence-corrected chi connectivity index (χ2v) is 6.48. The van der Waals surface area contributed by atoms with Crippen LogP contribution in [-0.4, -0.2) is 29.1 Å². The number of nitrogens with one attached hydrogen (secondary N) is 2. The Hall–Kier alpha value is -3.34. The molecule has 2 atom stereocenters. The minimum absolute atomic E-state index is 0.239. The van der Waals surface area contributed by atoms with E-state index in [-0.39, 0.29) is 12.3 Å². The lowest BCUT2D eigenvalue weighted by molar-refractivity contribution is -0.141. The van der Waals surface area contributed by atoms with E-state index in [9.17, 15) is 14.7 Å². The number of carbonyl (C=O) groups is 2. The van der Waals surface area contributed by atoms with E-state index in [0.717, 1.165) is 22.0 Å². The third-order valence-electron chi connectivity index (χ3n) is 4.45. The van der Waals surface area contributed by atoms with Gasteiger partial charge in [0.1, 0.15) is 12.1 Å². The largest absolute Gasteiger partial charge is 0.480 e. The van der Waals surface area contributed by atoms with E-state index in [1.54, 1.807) is 6.92 Å². The average Bonchev–Trinajstić information content (AvgIpc) is 2.68. The Morgan fingerprint density at radius 3 is 2.33 bits per heavy atom. The van der Waals surface area contributed by atoms with Crippen LogP contribution in [-0.2, 0) is 16.0 Å². The van der Waals surface area contributed by atoms with Gasteiger partial charge >= 0.3 is 5.97 Å². The first kappa shape index (κ1) is 18.5. The topological polar surface area (TPSA) is 78.4 Å². The monoisotopic (exact) mass is 362 g/mol. The molecule has 27 heavy (non-hydrogen) atoms. The molecule has 0 unspecified atom stereocenters. The fraction of sp³-hybridized carbons (Fsp3) is 0.182. The number of aliphatic carboxylic acids is 1. The molecule has 0 aliphatic heterocycles. The summed E-state index contributed by atoms with van der Waals surface area (Å²) in [6.07, 6.45) is 0.239. The van der Waals surface area contributed by atoms with E-state index in [1.165, 1.54) is 0 Å². The first-order chi connectivity index (χ1) is 13.0. The second kappa shape index (κ2) is 8.36. The maximum atomic E-state index is 12.6. The van der Waals surface area contributed by atoms with Gasteiger partial charge in [0, 0.05) is 17.5 Å². The zero-order valence-corrected chi connectivity index (χ0v) is 15.1. The van der Waals surface area contributed by atoms with Gasteiger partial charge in [-0.05, 0) is 23.9 Å². The summed E-state index contributed by atoms with van der Waals surface area (Å²) in [6, 6.07) is 21.4. The molecule has 5 heteroatoms. The molecule has 0 saturated heterocycles. The quantitative estimate of drug-likeness (QED) is 0.601. The van der Waals surface area contributed by atoms with Crippen LogP contribution in [0.2, 0.25) is 0 Å². The molecule has 5 nitrogen and oxygen atoms in total. The van der Waals surface area contributed by atoms with Gasteiger partial charge < -0.3 is 15.7 Å². The minimum atomic E-state index is -1.05. The smallest absolute Gasteiger partial charge is 0.326 e. The van der Waals surface area contributed by atoms with Crippen LogP contribution in [0.5, 0.6) is 0 Å². The Labute approximate surface area is 158 Å². The molecule has 0 radical (unpaired) electrons. The zero-order chi connectivity index (χ0) is 19.2. The molecule has 1 amide bonds. The van der Waals surface area contributed by atoms with Gasteiger partial charge in [0.15, 0.2) is 0 Å². The lowest BCUT2D eigenvalue weighted by atomic mass is 10.1. The summed E-state index contributed by atoms with van der Waals surface area (Å²) >= 11 is 0. The number of carboxylic acid groups (broad SMARTS) is 1. The van der Waals surface area contributed by atoms with Gasteiger partial charge in [0.05, 0.1) is 0 Å². The van der Waals surface area contributed by atoms with E-state index in [0.29, 0.717) is 0 Å². The Kier molecular flexibility index (Phi) is 5.71. The predicted octanol–water partition coefficient (Wildman–Crippen LogP) is 3.45. The van der Waals surface area contributed by atoms with Gasteiger partial charge in [-0.1, -0.05) is 66.7 Å². The highest BCUT2D eigenvalue weighted by Crippen LogP contribution is 2.23. The third kappa shape index (κ3) is 4.64. The Morgan fingerprint density at radius 1 is 0.926 bits per heavy atom. The summed E-state index contributed by atoms with van der Waals surface area (Å²) < 4.78 is 0. The molecule has 0 aliphatic rings.